The second kappa shape index (κ2) is 7.87. The molecule has 0 bridgehead atoms. The lowest BCUT2D eigenvalue weighted by molar-refractivity contribution is 0.0601. The smallest absolute Gasteiger partial charge is 0.254 e. The zero-order valence-corrected chi connectivity index (χ0v) is 16.5. The Morgan fingerprint density at radius 2 is 1.82 bits per heavy atom. The minimum atomic E-state index is -0.155. The second-order valence-corrected chi connectivity index (χ2v) is 7.40. The highest BCUT2D eigenvalue weighted by Gasteiger charge is 2.33. The Morgan fingerprint density at radius 1 is 1.21 bits per heavy atom. The standard InChI is InChI=1S/C22H21ClN4O/c1-13-7-14(2)19(8-18(13)20(10-25)21(23)26)22(28)27-11-17(12-27)16-5-3-15(9-24)4-6-16/h3-8,10,17,26H,11-12,25H2,1-2H3. The SMILES string of the molecule is Cc1cc(C)c(C(=CN)C(=N)Cl)cc1C(=O)N1CC(c2ccc(C#N)cc2)C1. The first-order valence-electron chi connectivity index (χ1n) is 8.93. The first-order chi connectivity index (χ1) is 13.3. The number of allylic oxidation sites excluding steroid dienone is 1. The van der Waals surface area contributed by atoms with Crippen LogP contribution >= 0.6 is 11.6 Å². The third kappa shape index (κ3) is 3.64. The summed E-state index contributed by atoms with van der Waals surface area (Å²) in [6.45, 7) is 5.08. The summed E-state index contributed by atoms with van der Waals surface area (Å²) in [5, 5.41) is 16.4. The minimum Gasteiger partial charge on any atom is -0.404 e. The number of nitrogens with one attached hydrogen (secondary N) is 1. The van der Waals surface area contributed by atoms with E-state index in [0.717, 1.165) is 16.7 Å². The van der Waals surface area contributed by atoms with E-state index in [4.69, 9.17) is 28.0 Å². The van der Waals surface area contributed by atoms with Crippen molar-refractivity contribution in [2.75, 3.05) is 13.1 Å². The monoisotopic (exact) mass is 392 g/mol. The highest BCUT2D eigenvalue weighted by Crippen LogP contribution is 2.31. The van der Waals surface area contributed by atoms with Crippen molar-refractivity contribution in [3.63, 3.8) is 0 Å². The van der Waals surface area contributed by atoms with Gasteiger partial charge in [0.1, 0.15) is 5.17 Å². The Morgan fingerprint density at radius 3 is 2.36 bits per heavy atom. The van der Waals surface area contributed by atoms with Gasteiger partial charge in [-0.3, -0.25) is 10.2 Å². The minimum absolute atomic E-state index is 0.0406. The van der Waals surface area contributed by atoms with Crippen LogP contribution in [0.4, 0.5) is 0 Å². The number of halogens is 1. The van der Waals surface area contributed by atoms with Crippen molar-refractivity contribution in [2.24, 2.45) is 5.73 Å². The molecule has 1 amide bonds. The summed E-state index contributed by atoms with van der Waals surface area (Å²) in [6, 6.07) is 13.3. The number of benzene rings is 2. The van der Waals surface area contributed by atoms with Crippen LogP contribution in [0.2, 0.25) is 0 Å². The summed E-state index contributed by atoms with van der Waals surface area (Å²) in [5.74, 6) is 0.235. The molecule has 3 N–H and O–H groups in total. The second-order valence-electron chi connectivity index (χ2n) is 7.02. The highest BCUT2D eigenvalue weighted by molar-refractivity contribution is 6.75. The van der Waals surface area contributed by atoms with Crippen LogP contribution in [0.1, 0.15) is 44.1 Å². The van der Waals surface area contributed by atoms with Gasteiger partial charge in [0.2, 0.25) is 0 Å². The molecule has 2 aromatic carbocycles. The normalized spacial score (nSPS) is 14.4. The van der Waals surface area contributed by atoms with Gasteiger partial charge in [0.15, 0.2) is 0 Å². The van der Waals surface area contributed by atoms with E-state index in [1.54, 1.807) is 18.2 Å². The van der Waals surface area contributed by atoms with E-state index in [1.807, 2.05) is 36.9 Å². The van der Waals surface area contributed by atoms with Gasteiger partial charge >= 0.3 is 0 Å². The molecule has 0 aromatic heterocycles. The zero-order valence-electron chi connectivity index (χ0n) is 15.8. The number of nitrogens with zero attached hydrogens (tertiary/aromatic N) is 2. The first kappa shape index (κ1) is 19.7. The summed E-state index contributed by atoms with van der Waals surface area (Å²) in [7, 11) is 0. The number of hydrogen-bond acceptors (Lipinski definition) is 4. The average molecular weight is 393 g/mol. The Hall–Kier alpha value is -3.10. The Kier molecular flexibility index (Phi) is 5.53. The van der Waals surface area contributed by atoms with Gasteiger partial charge in [-0.1, -0.05) is 29.8 Å². The zero-order chi connectivity index (χ0) is 20.4. The van der Waals surface area contributed by atoms with Crippen LogP contribution in [0.3, 0.4) is 0 Å². The van der Waals surface area contributed by atoms with E-state index >= 15 is 0 Å². The summed E-state index contributed by atoms with van der Waals surface area (Å²) in [5.41, 5.74) is 10.9. The molecule has 0 aliphatic carbocycles. The van der Waals surface area contributed by atoms with Crippen LogP contribution in [0.15, 0.2) is 42.6 Å². The predicted octanol–water partition coefficient (Wildman–Crippen LogP) is 3.93. The lowest BCUT2D eigenvalue weighted by Gasteiger charge is -2.40. The van der Waals surface area contributed by atoms with Crippen molar-refractivity contribution in [1.82, 2.24) is 4.90 Å². The maximum atomic E-state index is 13.0. The number of aryl methyl sites for hydroxylation is 2. The van der Waals surface area contributed by atoms with Gasteiger partial charge < -0.3 is 10.6 Å². The van der Waals surface area contributed by atoms with Crippen molar-refractivity contribution in [2.45, 2.75) is 19.8 Å². The maximum absolute atomic E-state index is 13.0. The molecular weight excluding hydrogens is 372 g/mol. The number of nitrogens with two attached hydrogens (primary N) is 1. The molecule has 6 heteroatoms. The summed E-state index contributed by atoms with van der Waals surface area (Å²) >= 11 is 5.85. The molecular formula is C22H21ClN4O. The fraction of sp³-hybridized carbons (Fsp3) is 0.227. The van der Waals surface area contributed by atoms with Crippen LogP contribution in [0, 0.1) is 30.6 Å². The Labute approximate surface area is 169 Å². The van der Waals surface area contributed by atoms with Gasteiger partial charge in [0.05, 0.1) is 11.6 Å². The highest BCUT2D eigenvalue weighted by atomic mass is 35.5. The lowest BCUT2D eigenvalue weighted by Crippen LogP contribution is -2.48. The number of rotatable bonds is 4. The summed E-state index contributed by atoms with van der Waals surface area (Å²) < 4.78 is 0. The molecule has 1 fully saturated rings. The predicted molar refractivity (Wildman–Crippen MR) is 111 cm³/mol. The van der Waals surface area contributed by atoms with Crippen molar-refractivity contribution >= 4 is 28.3 Å². The van der Waals surface area contributed by atoms with Crippen molar-refractivity contribution in [3.8, 4) is 6.07 Å². The molecule has 0 saturated carbocycles. The van der Waals surface area contributed by atoms with Crippen molar-refractivity contribution in [1.29, 1.82) is 10.7 Å². The number of carbonyl (C=O) groups excluding carboxylic acids is 1. The molecule has 0 spiro atoms. The van der Waals surface area contributed by atoms with Crippen molar-refractivity contribution < 1.29 is 4.79 Å². The lowest BCUT2D eigenvalue weighted by atomic mass is 9.89. The molecule has 2 aromatic rings. The van der Waals surface area contributed by atoms with Crippen molar-refractivity contribution in [3.05, 3.63) is 76.0 Å². The van der Waals surface area contributed by atoms with E-state index in [1.165, 1.54) is 6.20 Å². The van der Waals surface area contributed by atoms with E-state index in [9.17, 15) is 4.79 Å². The quantitative estimate of drug-likeness (QED) is 0.772. The molecule has 0 atom stereocenters. The maximum Gasteiger partial charge on any atom is 0.254 e. The fourth-order valence-electron chi connectivity index (χ4n) is 3.51. The molecule has 1 aliphatic rings. The molecule has 5 nitrogen and oxygen atoms in total. The van der Waals surface area contributed by atoms with Gasteiger partial charge in [-0.2, -0.15) is 5.26 Å². The Balaban J connectivity index is 1.80. The van der Waals surface area contributed by atoms with E-state index < -0.39 is 0 Å². The molecule has 142 valence electrons. The van der Waals surface area contributed by atoms with Crippen LogP contribution < -0.4 is 5.73 Å². The topological polar surface area (TPSA) is 94.0 Å². The average Bonchev–Trinajstić information content (AvgIpc) is 2.63. The Bertz CT molecular complexity index is 1010. The van der Waals surface area contributed by atoms with Gasteiger partial charge in [0, 0.05) is 36.3 Å². The molecule has 28 heavy (non-hydrogen) atoms. The van der Waals surface area contributed by atoms with Crippen LogP contribution in [-0.4, -0.2) is 29.1 Å². The van der Waals surface area contributed by atoms with E-state index in [-0.39, 0.29) is 17.0 Å². The molecule has 1 aliphatic heterocycles. The molecule has 3 rings (SSSR count). The number of nitriles is 1. The number of hydrogen-bond donors (Lipinski definition) is 2. The van der Waals surface area contributed by atoms with Crippen LogP contribution in [0.25, 0.3) is 5.57 Å². The summed E-state index contributed by atoms with van der Waals surface area (Å²) in [6.07, 6.45) is 1.30. The third-order valence-electron chi connectivity index (χ3n) is 5.18. The van der Waals surface area contributed by atoms with E-state index in [2.05, 4.69) is 6.07 Å². The van der Waals surface area contributed by atoms with Gasteiger partial charge in [-0.15, -0.1) is 0 Å². The van der Waals surface area contributed by atoms with Gasteiger partial charge in [0.25, 0.3) is 5.91 Å². The number of amides is 1. The third-order valence-corrected chi connectivity index (χ3v) is 5.38. The number of carbonyl (C=O) groups is 1. The van der Waals surface area contributed by atoms with Crippen LogP contribution in [0.5, 0.6) is 0 Å². The molecule has 1 heterocycles. The first-order valence-corrected chi connectivity index (χ1v) is 9.30. The molecule has 0 radical (unpaired) electrons. The van der Waals surface area contributed by atoms with Gasteiger partial charge in [-0.05, 0) is 54.3 Å². The number of likely N-dealkylation sites (tertiary alicyclic amines) is 1. The summed E-state index contributed by atoms with van der Waals surface area (Å²) in [4.78, 5) is 14.8. The van der Waals surface area contributed by atoms with E-state index in [0.29, 0.717) is 35.4 Å². The van der Waals surface area contributed by atoms with Gasteiger partial charge in [-0.25, -0.2) is 0 Å². The molecule has 0 unspecified atom stereocenters. The fourth-order valence-corrected chi connectivity index (χ4v) is 3.67. The molecule has 1 saturated heterocycles. The largest absolute Gasteiger partial charge is 0.404 e. The van der Waals surface area contributed by atoms with Crippen LogP contribution in [-0.2, 0) is 0 Å².